The number of nitrogens with zero attached hydrogens (tertiary/aromatic N) is 2. The Hall–Kier alpha value is -1.36. The van der Waals surface area contributed by atoms with Crippen LogP contribution in [0.1, 0.15) is 11.3 Å². The van der Waals surface area contributed by atoms with Crippen molar-refractivity contribution in [2.24, 2.45) is 0 Å². The standard InChI is InChI=1S/C17H23N3O/c1-13-16(15-4-2-3-5-17(15)21-13)12-19-10-14(11-19)20-8-6-18-7-9-20/h2-5,14,18H,6-12H2,1H3. The summed E-state index contributed by atoms with van der Waals surface area (Å²) in [5.74, 6) is 1.07. The van der Waals surface area contributed by atoms with Crippen molar-refractivity contribution in [1.29, 1.82) is 0 Å². The number of piperazine rings is 1. The third kappa shape index (κ3) is 2.48. The summed E-state index contributed by atoms with van der Waals surface area (Å²) in [7, 11) is 0. The molecule has 0 radical (unpaired) electrons. The van der Waals surface area contributed by atoms with Crippen LogP contribution < -0.4 is 5.32 Å². The fourth-order valence-electron chi connectivity index (χ4n) is 3.59. The van der Waals surface area contributed by atoms with Crippen LogP contribution in [-0.4, -0.2) is 55.1 Å². The summed E-state index contributed by atoms with van der Waals surface area (Å²) >= 11 is 0. The van der Waals surface area contributed by atoms with Crippen LogP contribution in [0, 0.1) is 6.92 Å². The molecule has 1 aromatic heterocycles. The van der Waals surface area contributed by atoms with E-state index in [-0.39, 0.29) is 0 Å². The quantitative estimate of drug-likeness (QED) is 0.932. The molecule has 4 nitrogen and oxygen atoms in total. The van der Waals surface area contributed by atoms with Gasteiger partial charge in [-0.25, -0.2) is 0 Å². The van der Waals surface area contributed by atoms with Crippen molar-refractivity contribution in [3.05, 3.63) is 35.6 Å². The average molecular weight is 285 g/mol. The highest BCUT2D eigenvalue weighted by Gasteiger charge is 2.32. The molecule has 0 amide bonds. The summed E-state index contributed by atoms with van der Waals surface area (Å²) in [6.07, 6.45) is 0. The lowest BCUT2D eigenvalue weighted by atomic mass is 10.0. The SMILES string of the molecule is Cc1oc2ccccc2c1CN1CC(N2CCNCC2)C1. The zero-order valence-corrected chi connectivity index (χ0v) is 12.6. The van der Waals surface area contributed by atoms with E-state index in [1.807, 2.05) is 6.07 Å². The zero-order valence-electron chi connectivity index (χ0n) is 12.6. The summed E-state index contributed by atoms with van der Waals surface area (Å²) in [6.45, 7) is 10.2. The number of nitrogens with one attached hydrogen (secondary N) is 1. The summed E-state index contributed by atoms with van der Waals surface area (Å²) < 4.78 is 5.87. The van der Waals surface area contributed by atoms with E-state index in [2.05, 4.69) is 40.2 Å². The maximum absolute atomic E-state index is 5.87. The topological polar surface area (TPSA) is 31.7 Å². The van der Waals surface area contributed by atoms with Crippen molar-refractivity contribution in [3.8, 4) is 0 Å². The summed E-state index contributed by atoms with van der Waals surface area (Å²) in [6, 6.07) is 9.13. The van der Waals surface area contributed by atoms with Crippen LogP contribution in [0.25, 0.3) is 11.0 Å². The third-order valence-electron chi connectivity index (χ3n) is 4.89. The minimum Gasteiger partial charge on any atom is -0.461 e. The van der Waals surface area contributed by atoms with E-state index >= 15 is 0 Å². The Balaban J connectivity index is 1.42. The number of fused-ring (bicyclic) bond motifs is 1. The first-order chi connectivity index (χ1) is 10.3. The van der Waals surface area contributed by atoms with Gasteiger partial charge in [-0.2, -0.15) is 0 Å². The van der Waals surface area contributed by atoms with Crippen LogP contribution in [-0.2, 0) is 6.54 Å². The first-order valence-electron chi connectivity index (χ1n) is 7.95. The Labute approximate surface area is 125 Å². The second kappa shape index (κ2) is 5.44. The highest BCUT2D eigenvalue weighted by atomic mass is 16.3. The van der Waals surface area contributed by atoms with Crippen molar-refractivity contribution in [3.63, 3.8) is 0 Å². The molecule has 2 saturated heterocycles. The number of para-hydroxylation sites is 1. The van der Waals surface area contributed by atoms with Crippen LogP contribution in [0.2, 0.25) is 0 Å². The van der Waals surface area contributed by atoms with Gasteiger partial charge >= 0.3 is 0 Å². The first kappa shape index (κ1) is 13.3. The lowest BCUT2D eigenvalue weighted by Crippen LogP contribution is -2.62. The first-order valence-corrected chi connectivity index (χ1v) is 7.95. The van der Waals surface area contributed by atoms with Gasteiger partial charge in [0.05, 0.1) is 0 Å². The Bertz CT molecular complexity index is 624. The van der Waals surface area contributed by atoms with Crippen LogP contribution >= 0.6 is 0 Å². The zero-order chi connectivity index (χ0) is 14.2. The van der Waals surface area contributed by atoms with Gasteiger partial charge in [-0.3, -0.25) is 9.80 Å². The van der Waals surface area contributed by atoms with E-state index < -0.39 is 0 Å². The Morgan fingerprint density at radius 1 is 1.19 bits per heavy atom. The third-order valence-corrected chi connectivity index (χ3v) is 4.89. The van der Waals surface area contributed by atoms with Gasteiger partial charge in [0.2, 0.25) is 0 Å². The van der Waals surface area contributed by atoms with Gasteiger partial charge in [0.15, 0.2) is 0 Å². The fourth-order valence-corrected chi connectivity index (χ4v) is 3.59. The number of benzene rings is 1. The van der Waals surface area contributed by atoms with Crippen LogP contribution in [0.5, 0.6) is 0 Å². The number of furan rings is 1. The van der Waals surface area contributed by atoms with Crippen LogP contribution in [0.4, 0.5) is 0 Å². The van der Waals surface area contributed by atoms with E-state index in [0.717, 1.165) is 37.0 Å². The molecule has 2 aliphatic rings. The molecule has 0 bridgehead atoms. The molecule has 2 fully saturated rings. The minimum absolute atomic E-state index is 0.755. The highest BCUT2D eigenvalue weighted by molar-refractivity contribution is 5.82. The molecular weight excluding hydrogens is 262 g/mol. The predicted octanol–water partition coefficient (Wildman–Crippen LogP) is 1.83. The van der Waals surface area contributed by atoms with Crippen molar-refractivity contribution in [1.82, 2.24) is 15.1 Å². The molecule has 0 aliphatic carbocycles. The summed E-state index contributed by atoms with van der Waals surface area (Å²) in [5, 5.41) is 4.70. The van der Waals surface area contributed by atoms with Crippen molar-refractivity contribution in [2.75, 3.05) is 39.3 Å². The molecule has 1 N–H and O–H groups in total. The summed E-state index contributed by atoms with van der Waals surface area (Å²) in [4.78, 5) is 5.17. The molecule has 4 heteroatoms. The molecule has 21 heavy (non-hydrogen) atoms. The van der Waals surface area contributed by atoms with Crippen LogP contribution in [0.3, 0.4) is 0 Å². The maximum atomic E-state index is 5.87. The second-order valence-electron chi connectivity index (χ2n) is 6.27. The van der Waals surface area contributed by atoms with E-state index in [1.165, 1.54) is 37.1 Å². The molecule has 2 aromatic rings. The molecule has 0 spiro atoms. The number of likely N-dealkylation sites (tertiary alicyclic amines) is 1. The smallest absolute Gasteiger partial charge is 0.134 e. The Kier molecular flexibility index (Phi) is 3.45. The van der Waals surface area contributed by atoms with Gasteiger partial charge < -0.3 is 9.73 Å². The van der Waals surface area contributed by atoms with Gasteiger partial charge in [0, 0.05) is 62.8 Å². The largest absolute Gasteiger partial charge is 0.461 e. The molecule has 0 saturated carbocycles. The van der Waals surface area contributed by atoms with Gasteiger partial charge in [-0.1, -0.05) is 18.2 Å². The average Bonchev–Trinajstić information content (AvgIpc) is 2.79. The molecule has 0 atom stereocenters. The van der Waals surface area contributed by atoms with Gasteiger partial charge in [-0.15, -0.1) is 0 Å². The van der Waals surface area contributed by atoms with E-state index in [4.69, 9.17) is 4.42 Å². The molecule has 2 aliphatic heterocycles. The molecule has 1 aromatic carbocycles. The van der Waals surface area contributed by atoms with Crippen molar-refractivity contribution < 1.29 is 4.42 Å². The molecule has 4 rings (SSSR count). The van der Waals surface area contributed by atoms with Crippen LogP contribution in [0.15, 0.2) is 28.7 Å². The maximum Gasteiger partial charge on any atom is 0.134 e. The van der Waals surface area contributed by atoms with Gasteiger partial charge in [-0.05, 0) is 13.0 Å². The fraction of sp³-hybridized carbons (Fsp3) is 0.529. The van der Waals surface area contributed by atoms with Crippen molar-refractivity contribution in [2.45, 2.75) is 19.5 Å². The van der Waals surface area contributed by atoms with E-state index in [1.54, 1.807) is 0 Å². The number of aryl methyl sites for hydroxylation is 1. The Morgan fingerprint density at radius 2 is 1.95 bits per heavy atom. The molecule has 0 unspecified atom stereocenters. The summed E-state index contributed by atoms with van der Waals surface area (Å²) in [5.41, 5.74) is 2.38. The molecular formula is C17H23N3O. The monoisotopic (exact) mass is 285 g/mol. The second-order valence-corrected chi connectivity index (χ2v) is 6.27. The van der Waals surface area contributed by atoms with Gasteiger partial charge in [0.1, 0.15) is 11.3 Å². The Morgan fingerprint density at radius 3 is 2.76 bits per heavy atom. The normalized spacial score (nSPS) is 21.8. The number of hydrogen-bond donors (Lipinski definition) is 1. The minimum atomic E-state index is 0.755. The van der Waals surface area contributed by atoms with Crippen molar-refractivity contribution >= 4 is 11.0 Å². The number of rotatable bonds is 3. The molecule has 112 valence electrons. The highest BCUT2D eigenvalue weighted by Crippen LogP contribution is 2.28. The lowest BCUT2D eigenvalue weighted by Gasteiger charge is -2.46. The number of hydrogen-bond acceptors (Lipinski definition) is 4. The predicted molar refractivity (Wildman–Crippen MR) is 84.5 cm³/mol. The van der Waals surface area contributed by atoms with E-state index in [9.17, 15) is 0 Å². The van der Waals surface area contributed by atoms with E-state index in [0.29, 0.717) is 0 Å². The lowest BCUT2D eigenvalue weighted by molar-refractivity contribution is 0.0223. The molecule has 3 heterocycles. The van der Waals surface area contributed by atoms with Gasteiger partial charge in [0.25, 0.3) is 0 Å².